The number of nitrogens with one attached hydrogen (secondary N) is 1. The highest BCUT2D eigenvalue weighted by Gasteiger charge is 2.31. The van der Waals surface area contributed by atoms with Gasteiger partial charge in [-0.1, -0.05) is 30.3 Å². The molecule has 0 radical (unpaired) electrons. The summed E-state index contributed by atoms with van der Waals surface area (Å²) < 4.78 is 46.5. The molecule has 8 heteroatoms. The molecule has 4 rings (SSSR count). The third-order valence-corrected chi connectivity index (χ3v) is 4.26. The molecule has 0 saturated carbocycles. The fraction of sp³-hybridized carbons (Fsp3) is 0.143. The fourth-order valence-electron chi connectivity index (χ4n) is 3.04. The number of fused-ring (bicyclic) bond motifs is 1. The van der Waals surface area contributed by atoms with Crippen LogP contribution in [0.25, 0.3) is 22.0 Å². The minimum absolute atomic E-state index is 0.249. The highest BCUT2D eigenvalue weighted by atomic mass is 19.4. The van der Waals surface area contributed by atoms with Gasteiger partial charge in [-0.3, -0.25) is 0 Å². The number of benzene rings is 2. The van der Waals surface area contributed by atoms with Crippen LogP contribution in [0.3, 0.4) is 0 Å². The maximum absolute atomic E-state index is 12.3. The van der Waals surface area contributed by atoms with Gasteiger partial charge in [0.15, 0.2) is 0 Å². The summed E-state index contributed by atoms with van der Waals surface area (Å²) in [5.41, 5.74) is 3.55. The van der Waals surface area contributed by atoms with Crippen molar-refractivity contribution in [2.75, 3.05) is 6.61 Å². The van der Waals surface area contributed by atoms with Crippen LogP contribution in [0.15, 0.2) is 67.0 Å². The molecule has 2 aromatic carbocycles. The number of alkyl halides is 3. The Kier molecular flexibility index (Phi) is 5.07. The number of aromatic nitrogens is 3. The van der Waals surface area contributed by atoms with Crippen LogP contribution in [0, 0.1) is 0 Å². The Morgan fingerprint density at radius 2 is 1.69 bits per heavy atom. The first-order valence-electron chi connectivity index (χ1n) is 8.84. The van der Waals surface area contributed by atoms with E-state index in [2.05, 4.69) is 19.7 Å². The Morgan fingerprint density at radius 3 is 2.41 bits per heavy atom. The number of nitrogens with zero attached hydrogens (tertiary/aromatic N) is 2. The van der Waals surface area contributed by atoms with Gasteiger partial charge in [-0.05, 0) is 29.8 Å². The van der Waals surface area contributed by atoms with Crippen LogP contribution in [-0.4, -0.2) is 27.9 Å². The van der Waals surface area contributed by atoms with E-state index < -0.39 is 6.36 Å². The van der Waals surface area contributed by atoms with Crippen LogP contribution >= 0.6 is 0 Å². The molecule has 0 atom stereocenters. The second-order valence-electron chi connectivity index (χ2n) is 6.27. The minimum atomic E-state index is -4.71. The van der Waals surface area contributed by atoms with Crippen LogP contribution in [0.2, 0.25) is 0 Å². The molecular formula is C21H16F3N3O2. The van der Waals surface area contributed by atoms with Gasteiger partial charge in [-0.2, -0.15) is 0 Å². The Morgan fingerprint density at radius 1 is 0.931 bits per heavy atom. The van der Waals surface area contributed by atoms with Crippen molar-refractivity contribution in [3.05, 3.63) is 72.7 Å². The number of H-pyrrole nitrogens is 1. The van der Waals surface area contributed by atoms with Gasteiger partial charge in [0.1, 0.15) is 5.75 Å². The van der Waals surface area contributed by atoms with E-state index >= 15 is 0 Å². The van der Waals surface area contributed by atoms with Crippen LogP contribution in [0.5, 0.6) is 11.8 Å². The summed E-state index contributed by atoms with van der Waals surface area (Å²) in [4.78, 5) is 11.4. The molecule has 4 aromatic rings. The van der Waals surface area contributed by atoms with Crippen molar-refractivity contribution in [1.29, 1.82) is 0 Å². The van der Waals surface area contributed by atoms with Crippen molar-refractivity contribution in [2.24, 2.45) is 0 Å². The van der Waals surface area contributed by atoms with Crippen LogP contribution in [0.1, 0.15) is 5.69 Å². The number of para-hydroxylation sites is 1. The first-order chi connectivity index (χ1) is 14.0. The van der Waals surface area contributed by atoms with E-state index in [1.165, 1.54) is 12.1 Å². The average Bonchev–Trinajstić information content (AvgIpc) is 3.11. The fourth-order valence-corrected chi connectivity index (χ4v) is 3.04. The van der Waals surface area contributed by atoms with Crippen molar-refractivity contribution < 1.29 is 22.6 Å². The largest absolute Gasteiger partial charge is 0.573 e. The zero-order chi connectivity index (χ0) is 20.3. The third-order valence-electron chi connectivity index (χ3n) is 4.26. The summed E-state index contributed by atoms with van der Waals surface area (Å²) in [6.07, 6.45) is -0.849. The lowest BCUT2D eigenvalue weighted by Crippen LogP contribution is -2.16. The highest BCUT2D eigenvalue weighted by Crippen LogP contribution is 2.31. The molecular weight excluding hydrogens is 383 g/mol. The minimum Gasteiger partial charge on any atom is -0.463 e. The molecule has 0 unspecified atom stereocenters. The zero-order valence-corrected chi connectivity index (χ0v) is 15.1. The van der Waals surface area contributed by atoms with Crippen molar-refractivity contribution in [1.82, 2.24) is 15.0 Å². The van der Waals surface area contributed by atoms with Crippen molar-refractivity contribution in [2.45, 2.75) is 12.8 Å². The van der Waals surface area contributed by atoms with Crippen molar-refractivity contribution in [3.8, 4) is 22.9 Å². The molecule has 0 amide bonds. The molecule has 29 heavy (non-hydrogen) atoms. The molecule has 0 aliphatic heterocycles. The van der Waals surface area contributed by atoms with Gasteiger partial charge in [0.25, 0.3) is 0 Å². The van der Waals surface area contributed by atoms with Crippen LogP contribution in [0.4, 0.5) is 13.2 Å². The number of aromatic amines is 1. The Labute approximate surface area is 164 Å². The summed E-state index contributed by atoms with van der Waals surface area (Å²) in [6, 6.07) is 15.7. The summed E-state index contributed by atoms with van der Waals surface area (Å²) in [7, 11) is 0. The van der Waals surface area contributed by atoms with E-state index in [9.17, 15) is 13.2 Å². The molecule has 0 aliphatic rings. The normalized spacial score (nSPS) is 11.6. The molecule has 1 N–H and O–H groups in total. The first kappa shape index (κ1) is 18.8. The predicted octanol–water partition coefficient (Wildman–Crippen LogP) is 5.15. The van der Waals surface area contributed by atoms with E-state index in [1.807, 2.05) is 24.3 Å². The van der Waals surface area contributed by atoms with Gasteiger partial charge in [0.2, 0.25) is 0 Å². The van der Waals surface area contributed by atoms with Gasteiger partial charge < -0.3 is 14.5 Å². The maximum Gasteiger partial charge on any atom is 0.573 e. The van der Waals surface area contributed by atoms with Crippen LogP contribution in [-0.2, 0) is 6.42 Å². The molecule has 0 saturated heterocycles. The SMILES string of the molecule is FC(F)(F)Oc1ccc(-c2cccc3cc(CCOc4ncccn4)[nH]c23)cc1. The lowest BCUT2D eigenvalue weighted by Gasteiger charge is -2.09. The van der Waals surface area contributed by atoms with Gasteiger partial charge >= 0.3 is 12.4 Å². The Balaban J connectivity index is 1.52. The smallest absolute Gasteiger partial charge is 0.463 e. The average molecular weight is 399 g/mol. The zero-order valence-electron chi connectivity index (χ0n) is 15.1. The van der Waals surface area contributed by atoms with Crippen LogP contribution < -0.4 is 9.47 Å². The van der Waals surface area contributed by atoms with E-state index in [4.69, 9.17) is 4.74 Å². The van der Waals surface area contributed by atoms with Gasteiger partial charge in [0, 0.05) is 35.5 Å². The van der Waals surface area contributed by atoms with E-state index in [1.54, 1.807) is 30.6 Å². The summed E-state index contributed by atoms with van der Waals surface area (Å²) in [5, 5.41) is 1.00. The van der Waals surface area contributed by atoms with E-state index in [0.29, 0.717) is 19.0 Å². The van der Waals surface area contributed by atoms with E-state index in [-0.39, 0.29) is 5.75 Å². The van der Waals surface area contributed by atoms with Gasteiger partial charge in [-0.15, -0.1) is 13.2 Å². The highest BCUT2D eigenvalue weighted by molar-refractivity contribution is 5.94. The van der Waals surface area contributed by atoms with Crippen molar-refractivity contribution in [3.63, 3.8) is 0 Å². The monoisotopic (exact) mass is 399 g/mol. The first-order valence-corrected chi connectivity index (χ1v) is 8.84. The molecule has 0 spiro atoms. The molecule has 0 fully saturated rings. The quantitative estimate of drug-likeness (QED) is 0.487. The number of hydrogen-bond donors (Lipinski definition) is 1. The van der Waals surface area contributed by atoms with E-state index in [0.717, 1.165) is 27.7 Å². The molecule has 0 aliphatic carbocycles. The van der Waals surface area contributed by atoms with Crippen molar-refractivity contribution >= 4 is 10.9 Å². The Bertz CT molecular complexity index is 1090. The lowest BCUT2D eigenvalue weighted by atomic mass is 10.0. The summed E-state index contributed by atoms with van der Waals surface area (Å²) in [6.45, 7) is 0.412. The van der Waals surface area contributed by atoms with Gasteiger partial charge in [0.05, 0.1) is 12.1 Å². The topological polar surface area (TPSA) is 60.0 Å². The number of rotatable bonds is 6. The van der Waals surface area contributed by atoms with Gasteiger partial charge in [-0.25, -0.2) is 9.97 Å². The second-order valence-corrected chi connectivity index (χ2v) is 6.27. The number of ether oxygens (including phenoxy) is 2. The maximum atomic E-state index is 12.3. The summed E-state index contributed by atoms with van der Waals surface area (Å²) in [5.74, 6) is -0.249. The third kappa shape index (κ3) is 4.66. The number of halogens is 3. The number of hydrogen-bond acceptors (Lipinski definition) is 4. The molecule has 2 aromatic heterocycles. The molecule has 148 valence electrons. The lowest BCUT2D eigenvalue weighted by molar-refractivity contribution is -0.274. The predicted molar refractivity (Wildman–Crippen MR) is 102 cm³/mol. The summed E-state index contributed by atoms with van der Waals surface area (Å²) >= 11 is 0. The molecule has 2 heterocycles. The Hall–Kier alpha value is -3.55. The molecule has 5 nitrogen and oxygen atoms in total. The molecule has 0 bridgehead atoms. The standard InChI is InChI=1S/C21H16F3N3O2/c22-21(23,24)29-17-7-5-14(6-8-17)18-4-1-3-15-13-16(27-19(15)18)9-12-28-20-25-10-2-11-26-20/h1-8,10-11,13,27H,9,12H2. The second kappa shape index (κ2) is 7.83.